The normalized spacial score (nSPS) is 11.8. The van der Waals surface area contributed by atoms with Crippen molar-refractivity contribution in [2.24, 2.45) is 0 Å². The molecule has 4 nitrogen and oxygen atoms in total. The summed E-state index contributed by atoms with van der Waals surface area (Å²) in [6.07, 6.45) is 0. The largest absolute Gasteiger partial charge is 0.456 e. The molecule has 0 unspecified atom stereocenters. The van der Waals surface area contributed by atoms with Crippen LogP contribution in [0.25, 0.3) is 93.6 Å². The fourth-order valence-electron chi connectivity index (χ4n) is 8.99. The van der Waals surface area contributed by atoms with Crippen LogP contribution in [0.3, 0.4) is 0 Å². The summed E-state index contributed by atoms with van der Waals surface area (Å²) >= 11 is 0. The third-order valence-electron chi connectivity index (χ3n) is 11.6. The third-order valence-corrected chi connectivity index (χ3v) is 11.6. The highest BCUT2D eigenvalue weighted by molar-refractivity contribution is 6.27. The third kappa shape index (κ3) is 5.02. The Labute approximate surface area is 334 Å². The van der Waals surface area contributed by atoms with Gasteiger partial charge in [0.1, 0.15) is 22.3 Å². The van der Waals surface area contributed by atoms with Crippen molar-refractivity contribution < 1.29 is 8.83 Å². The lowest BCUT2D eigenvalue weighted by Crippen LogP contribution is -2.10. The van der Waals surface area contributed by atoms with Gasteiger partial charge >= 0.3 is 0 Å². The van der Waals surface area contributed by atoms with Gasteiger partial charge in [-0.3, -0.25) is 0 Å². The number of rotatable bonds is 6. The number of para-hydroxylation sites is 3. The van der Waals surface area contributed by atoms with Crippen LogP contribution in [0.5, 0.6) is 0 Å². The standard InChI is InChI=1S/C54H34N2O2/c1-4-14-35(15-5-1)37-24-30-43-46(32-37)56(47-34-51-54(44-21-11-13-23-49(44)58-51)52(53(43)47)36-16-6-2-7-17-36)40-27-25-39(26-28-40)55(38-18-8-3-9-19-38)41-29-31-50-45(33-41)42-20-10-12-22-48(42)57-50/h1-34H. The molecule has 0 aliphatic carbocycles. The van der Waals surface area contributed by atoms with E-state index < -0.39 is 0 Å². The molecule has 0 spiro atoms. The first-order chi connectivity index (χ1) is 28.8. The Hall–Kier alpha value is -7.82. The van der Waals surface area contributed by atoms with E-state index in [-0.39, 0.29) is 0 Å². The minimum Gasteiger partial charge on any atom is -0.456 e. The van der Waals surface area contributed by atoms with Crippen molar-refractivity contribution in [1.29, 1.82) is 0 Å². The highest BCUT2D eigenvalue weighted by Crippen LogP contribution is 2.47. The van der Waals surface area contributed by atoms with Gasteiger partial charge in [0.05, 0.1) is 11.0 Å². The van der Waals surface area contributed by atoms with Crippen LogP contribution in [0, 0.1) is 0 Å². The van der Waals surface area contributed by atoms with Gasteiger partial charge in [0.15, 0.2) is 0 Å². The van der Waals surface area contributed by atoms with Crippen LogP contribution in [-0.2, 0) is 0 Å². The number of hydrogen-bond acceptors (Lipinski definition) is 3. The molecule has 0 aliphatic rings. The minimum absolute atomic E-state index is 0.869. The van der Waals surface area contributed by atoms with Crippen LogP contribution in [0.4, 0.5) is 17.1 Å². The molecule has 12 aromatic rings. The molecule has 58 heavy (non-hydrogen) atoms. The topological polar surface area (TPSA) is 34.5 Å². The van der Waals surface area contributed by atoms with E-state index in [1.54, 1.807) is 0 Å². The maximum Gasteiger partial charge on any atom is 0.138 e. The first-order valence-electron chi connectivity index (χ1n) is 19.7. The Morgan fingerprint density at radius 3 is 1.67 bits per heavy atom. The second-order valence-corrected chi connectivity index (χ2v) is 14.9. The van der Waals surface area contributed by atoms with Gasteiger partial charge in [0.25, 0.3) is 0 Å². The second-order valence-electron chi connectivity index (χ2n) is 14.9. The molecule has 0 amide bonds. The summed E-state index contributed by atoms with van der Waals surface area (Å²) in [4.78, 5) is 2.32. The van der Waals surface area contributed by atoms with Crippen molar-refractivity contribution in [3.63, 3.8) is 0 Å². The first kappa shape index (κ1) is 32.4. The molecular formula is C54H34N2O2. The average molecular weight is 743 g/mol. The molecule has 4 heteroatoms. The molecule has 0 bridgehead atoms. The van der Waals surface area contributed by atoms with E-state index >= 15 is 0 Å². The zero-order chi connectivity index (χ0) is 38.2. The van der Waals surface area contributed by atoms with Crippen LogP contribution in [-0.4, -0.2) is 4.57 Å². The molecule has 3 aromatic heterocycles. The number of aromatic nitrogens is 1. The van der Waals surface area contributed by atoms with Crippen LogP contribution < -0.4 is 4.90 Å². The molecule has 0 fully saturated rings. The molecule has 0 aliphatic heterocycles. The Morgan fingerprint density at radius 2 is 0.914 bits per heavy atom. The first-order valence-corrected chi connectivity index (χ1v) is 19.7. The Balaban J connectivity index is 1.11. The van der Waals surface area contributed by atoms with Gasteiger partial charge in [-0.2, -0.15) is 0 Å². The molecule has 9 aromatic carbocycles. The molecule has 0 saturated heterocycles. The van der Waals surface area contributed by atoms with Crippen molar-refractivity contribution in [1.82, 2.24) is 4.57 Å². The summed E-state index contributed by atoms with van der Waals surface area (Å²) in [7, 11) is 0. The van der Waals surface area contributed by atoms with E-state index in [0.29, 0.717) is 0 Å². The smallest absolute Gasteiger partial charge is 0.138 e. The van der Waals surface area contributed by atoms with Gasteiger partial charge in [-0.05, 0) is 89.5 Å². The lowest BCUT2D eigenvalue weighted by atomic mass is 9.94. The van der Waals surface area contributed by atoms with Gasteiger partial charge in [0, 0.05) is 66.7 Å². The predicted molar refractivity (Wildman–Crippen MR) is 241 cm³/mol. The van der Waals surface area contributed by atoms with E-state index in [9.17, 15) is 0 Å². The molecule has 0 radical (unpaired) electrons. The van der Waals surface area contributed by atoms with Crippen molar-refractivity contribution in [3.05, 3.63) is 206 Å². The van der Waals surface area contributed by atoms with Crippen molar-refractivity contribution >= 4 is 82.7 Å². The Bertz CT molecular complexity index is 3490. The maximum atomic E-state index is 6.68. The molecule has 272 valence electrons. The molecule has 0 N–H and O–H groups in total. The fraction of sp³-hybridized carbons (Fsp3) is 0. The van der Waals surface area contributed by atoms with Gasteiger partial charge in [-0.25, -0.2) is 0 Å². The molecule has 0 saturated carbocycles. The minimum atomic E-state index is 0.869. The van der Waals surface area contributed by atoms with Crippen molar-refractivity contribution in [2.45, 2.75) is 0 Å². The predicted octanol–water partition coefficient (Wildman–Crippen LogP) is 15.4. The van der Waals surface area contributed by atoms with Gasteiger partial charge in [-0.1, -0.05) is 127 Å². The second kappa shape index (κ2) is 12.9. The number of anilines is 3. The van der Waals surface area contributed by atoms with Crippen molar-refractivity contribution in [3.8, 4) is 27.9 Å². The Kier molecular flexibility index (Phi) is 7.20. The summed E-state index contributed by atoms with van der Waals surface area (Å²) in [5.41, 5.74) is 14.7. The highest BCUT2D eigenvalue weighted by atomic mass is 16.3. The lowest BCUT2D eigenvalue weighted by molar-refractivity contribution is 0.668. The zero-order valence-electron chi connectivity index (χ0n) is 31.3. The highest BCUT2D eigenvalue weighted by Gasteiger charge is 2.24. The summed E-state index contributed by atoms with van der Waals surface area (Å²) in [6.45, 7) is 0. The lowest BCUT2D eigenvalue weighted by Gasteiger charge is -2.26. The zero-order valence-corrected chi connectivity index (χ0v) is 31.3. The molecular weight excluding hydrogens is 709 g/mol. The van der Waals surface area contributed by atoms with Crippen molar-refractivity contribution in [2.75, 3.05) is 4.90 Å². The summed E-state index contributed by atoms with van der Waals surface area (Å²) in [5.74, 6) is 0. The quantitative estimate of drug-likeness (QED) is 0.170. The van der Waals surface area contributed by atoms with E-state index in [2.05, 4.69) is 198 Å². The van der Waals surface area contributed by atoms with Crippen LogP contribution in [0.1, 0.15) is 0 Å². The monoisotopic (exact) mass is 742 g/mol. The number of benzene rings is 9. The van der Waals surface area contributed by atoms with Crippen LogP contribution in [0.2, 0.25) is 0 Å². The van der Waals surface area contributed by atoms with Gasteiger partial charge in [0.2, 0.25) is 0 Å². The van der Waals surface area contributed by atoms with Gasteiger partial charge < -0.3 is 18.3 Å². The van der Waals surface area contributed by atoms with E-state index in [1.807, 2.05) is 18.2 Å². The molecule has 0 atom stereocenters. The summed E-state index contributed by atoms with van der Waals surface area (Å²) in [6, 6.07) is 73.2. The molecule has 3 heterocycles. The van der Waals surface area contributed by atoms with E-state index in [0.717, 1.165) is 83.2 Å². The summed E-state index contributed by atoms with van der Waals surface area (Å²) < 4.78 is 15.3. The average Bonchev–Trinajstić information content (AvgIpc) is 3.96. The van der Waals surface area contributed by atoms with Gasteiger partial charge in [-0.15, -0.1) is 0 Å². The number of furan rings is 2. The summed E-state index contributed by atoms with van der Waals surface area (Å²) in [5, 5.41) is 6.85. The SMILES string of the molecule is c1ccc(-c2ccc3c4c(-c5ccccc5)c5c(cc4n(-c4ccc(N(c6ccccc6)c6ccc7oc8ccccc8c7c6)cc4)c3c2)oc2ccccc25)cc1. The number of fused-ring (bicyclic) bond motifs is 9. The van der Waals surface area contributed by atoms with Crippen LogP contribution in [0.15, 0.2) is 215 Å². The molecule has 12 rings (SSSR count). The number of nitrogens with zero attached hydrogens (tertiary/aromatic N) is 2. The Morgan fingerprint density at radius 1 is 0.328 bits per heavy atom. The van der Waals surface area contributed by atoms with E-state index in [1.165, 1.54) is 27.5 Å². The van der Waals surface area contributed by atoms with E-state index in [4.69, 9.17) is 8.83 Å². The fourth-order valence-corrected chi connectivity index (χ4v) is 8.99. The number of hydrogen-bond donors (Lipinski definition) is 0. The maximum absolute atomic E-state index is 6.68. The van der Waals surface area contributed by atoms with Crippen LogP contribution >= 0.6 is 0 Å².